The zero-order valence-electron chi connectivity index (χ0n) is 4.93. The maximum Gasteiger partial charge on any atom is 0.155 e. The quantitative estimate of drug-likeness (QED) is 0.681. The van der Waals surface area contributed by atoms with Crippen molar-refractivity contribution in [3.63, 3.8) is 0 Å². The van der Waals surface area contributed by atoms with Gasteiger partial charge in [0.1, 0.15) is 3.70 Å². The summed E-state index contributed by atoms with van der Waals surface area (Å²) in [6, 6.07) is 0. The second-order valence-electron chi connectivity index (χ2n) is 1.69. The molecule has 1 aromatic heterocycles. The van der Waals surface area contributed by atoms with Crippen LogP contribution in [0, 0.1) is 10.6 Å². The zero-order valence-corrected chi connectivity index (χ0v) is 7.08. The number of halogens is 1. The van der Waals surface area contributed by atoms with Crippen LogP contribution in [-0.2, 0) is 0 Å². The van der Waals surface area contributed by atoms with E-state index < -0.39 is 0 Å². The number of hydrogen-bond acceptors (Lipinski definition) is 3. The molecule has 3 nitrogen and oxygen atoms in total. The Labute approximate surface area is 66.8 Å². The minimum Gasteiger partial charge on any atom is -0.382 e. The highest BCUT2D eigenvalue weighted by atomic mass is 127. The summed E-state index contributed by atoms with van der Waals surface area (Å²) in [4.78, 5) is 7.96. The summed E-state index contributed by atoms with van der Waals surface area (Å²) in [5, 5.41) is 0. The van der Waals surface area contributed by atoms with Crippen molar-refractivity contribution in [2.45, 2.75) is 6.92 Å². The number of anilines is 1. The van der Waals surface area contributed by atoms with Crippen LogP contribution in [0.25, 0.3) is 0 Å². The molecule has 4 heteroatoms. The molecule has 0 saturated carbocycles. The summed E-state index contributed by atoms with van der Waals surface area (Å²) in [7, 11) is 0. The normalized spacial score (nSPS) is 9.56. The number of aryl methyl sites for hydroxylation is 1. The molecule has 0 aliphatic rings. The van der Waals surface area contributed by atoms with Gasteiger partial charge in [-0.25, -0.2) is 9.97 Å². The lowest BCUT2D eigenvalue weighted by Crippen LogP contribution is -1.97. The standard InChI is InChI=1S/C5H6IN3/c1-3-2-8-5(7)4(6)9-3/h2H,1H3,(H2,7,8). The molecule has 1 rings (SSSR count). The Balaban J connectivity index is 3.17. The van der Waals surface area contributed by atoms with E-state index in [1.807, 2.05) is 6.92 Å². The summed E-state index contributed by atoms with van der Waals surface area (Å²) in [5.41, 5.74) is 6.30. The molecule has 48 valence electrons. The van der Waals surface area contributed by atoms with Gasteiger partial charge in [-0.05, 0) is 29.5 Å². The van der Waals surface area contributed by atoms with E-state index in [0.717, 1.165) is 9.39 Å². The van der Waals surface area contributed by atoms with E-state index in [9.17, 15) is 0 Å². The fraction of sp³-hybridized carbons (Fsp3) is 0.200. The third-order valence-corrected chi connectivity index (χ3v) is 1.67. The van der Waals surface area contributed by atoms with Crippen LogP contribution in [0.4, 0.5) is 5.82 Å². The van der Waals surface area contributed by atoms with Crippen LogP contribution in [0.5, 0.6) is 0 Å². The predicted molar refractivity (Wildman–Crippen MR) is 43.9 cm³/mol. The fourth-order valence-corrected chi connectivity index (χ4v) is 0.977. The molecule has 1 aromatic rings. The molecular weight excluding hydrogens is 229 g/mol. The third kappa shape index (κ3) is 1.51. The maximum atomic E-state index is 5.41. The topological polar surface area (TPSA) is 51.8 Å². The van der Waals surface area contributed by atoms with Crippen LogP contribution < -0.4 is 5.73 Å². The van der Waals surface area contributed by atoms with Gasteiger partial charge in [0.2, 0.25) is 0 Å². The Morgan fingerprint density at radius 3 is 2.78 bits per heavy atom. The molecule has 0 saturated heterocycles. The molecule has 2 N–H and O–H groups in total. The van der Waals surface area contributed by atoms with Crippen molar-refractivity contribution in [2.75, 3.05) is 5.73 Å². The Morgan fingerprint density at radius 1 is 1.67 bits per heavy atom. The van der Waals surface area contributed by atoms with Crippen LogP contribution >= 0.6 is 22.6 Å². The van der Waals surface area contributed by atoms with Gasteiger partial charge in [0.05, 0.1) is 11.9 Å². The summed E-state index contributed by atoms with van der Waals surface area (Å²) >= 11 is 2.05. The molecule has 1 heterocycles. The van der Waals surface area contributed by atoms with E-state index in [1.54, 1.807) is 6.20 Å². The van der Waals surface area contributed by atoms with Gasteiger partial charge < -0.3 is 5.73 Å². The number of nitrogens with zero attached hydrogens (tertiary/aromatic N) is 2. The zero-order chi connectivity index (χ0) is 6.85. The van der Waals surface area contributed by atoms with Crippen LogP contribution in [0.1, 0.15) is 5.69 Å². The highest BCUT2D eigenvalue weighted by Gasteiger charge is 1.95. The van der Waals surface area contributed by atoms with Gasteiger partial charge in [-0.2, -0.15) is 0 Å². The third-order valence-electron chi connectivity index (χ3n) is 0.876. The molecule has 0 spiro atoms. The Bertz CT molecular complexity index is 223. The van der Waals surface area contributed by atoms with E-state index in [2.05, 4.69) is 32.6 Å². The average Bonchev–Trinajstić information content (AvgIpc) is 1.80. The van der Waals surface area contributed by atoms with Crippen LogP contribution in [0.3, 0.4) is 0 Å². The molecule has 0 bridgehead atoms. The first-order valence-electron chi connectivity index (χ1n) is 2.45. The minimum atomic E-state index is 0.501. The molecule has 0 aromatic carbocycles. The molecule has 9 heavy (non-hydrogen) atoms. The molecule has 0 aliphatic carbocycles. The largest absolute Gasteiger partial charge is 0.382 e. The Hall–Kier alpha value is -0.390. The van der Waals surface area contributed by atoms with Crippen molar-refractivity contribution < 1.29 is 0 Å². The molecule has 0 aliphatic heterocycles. The lowest BCUT2D eigenvalue weighted by atomic mass is 10.5. The first-order chi connectivity index (χ1) is 4.20. The van der Waals surface area contributed by atoms with E-state index in [0.29, 0.717) is 5.82 Å². The van der Waals surface area contributed by atoms with E-state index in [1.165, 1.54) is 0 Å². The molecule has 0 amide bonds. The molecule has 0 unspecified atom stereocenters. The molecule has 0 atom stereocenters. The maximum absolute atomic E-state index is 5.41. The number of rotatable bonds is 0. The van der Waals surface area contributed by atoms with Gasteiger partial charge in [-0.1, -0.05) is 0 Å². The SMILES string of the molecule is Cc1cnc(N)c(I)n1. The summed E-state index contributed by atoms with van der Waals surface area (Å²) < 4.78 is 0.771. The van der Waals surface area contributed by atoms with Crippen molar-refractivity contribution in [3.8, 4) is 0 Å². The predicted octanol–water partition coefficient (Wildman–Crippen LogP) is 0.972. The number of aromatic nitrogens is 2. The average molecular weight is 235 g/mol. The van der Waals surface area contributed by atoms with Gasteiger partial charge in [-0.15, -0.1) is 0 Å². The van der Waals surface area contributed by atoms with E-state index in [-0.39, 0.29) is 0 Å². The summed E-state index contributed by atoms with van der Waals surface area (Å²) in [6.45, 7) is 1.88. The second-order valence-corrected chi connectivity index (χ2v) is 2.71. The van der Waals surface area contributed by atoms with Gasteiger partial charge in [0.15, 0.2) is 5.82 Å². The first kappa shape index (κ1) is 6.73. The van der Waals surface area contributed by atoms with Crippen molar-refractivity contribution >= 4 is 28.4 Å². The molecule has 0 radical (unpaired) electrons. The second kappa shape index (κ2) is 2.47. The number of hydrogen-bond donors (Lipinski definition) is 1. The summed E-state index contributed by atoms with van der Waals surface area (Å²) in [6.07, 6.45) is 1.65. The summed E-state index contributed by atoms with van der Waals surface area (Å²) in [5.74, 6) is 0.501. The van der Waals surface area contributed by atoms with Gasteiger partial charge >= 0.3 is 0 Å². The van der Waals surface area contributed by atoms with Crippen molar-refractivity contribution in [3.05, 3.63) is 15.6 Å². The van der Waals surface area contributed by atoms with Crippen LogP contribution in [0.2, 0.25) is 0 Å². The number of nitrogen functional groups attached to an aromatic ring is 1. The van der Waals surface area contributed by atoms with Crippen molar-refractivity contribution in [1.29, 1.82) is 0 Å². The van der Waals surface area contributed by atoms with Crippen LogP contribution in [0.15, 0.2) is 6.20 Å². The van der Waals surface area contributed by atoms with Gasteiger partial charge in [0.25, 0.3) is 0 Å². The minimum absolute atomic E-state index is 0.501. The smallest absolute Gasteiger partial charge is 0.155 e. The van der Waals surface area contributed by atoms with Crippen molar-refractivity contribution in [1.82, 2.24) is 9.97 Å². The Morgan fingerprint density at radius 2 is 2.33 bits per heavy atom. The number of nitrogens with two attached hydrogens (primary N) is 1. The lowest BCUT2D eigenvalue weighted by molar-refractivity contribution is 1.09. The van der Waals surface area contributed by atoms with Gasteiger partial charge in [0, 0.05) is 0 Å². The van der Waals surface area contributed by atoms with E-state index >= 15 is 0 Å². The lowest BCUT2D eigenvalue weighted by Gasteiger charge is -1.94. The van der Waals surface area contributed by atoms with Crippen molar-refractivity contribution in [2.24, 2.45) is 0 Å². The van der Waals surface area contributed by atoms with E-state index in [4.69, 9.17) is 5.73 Å². The monoisotopic (exact) mass is 235 g/mol. The van der Waals surface area contributed by atoms with Gasteiger partial charge in [-0.3, -0.25) is 0 Å². The fourth-order valence-electron chi connectivity index (χ4n) is 0.457. The highest BCUT2D eigenvalue weighted by molar-refractivity contribution is 14.1. The first-order valence-corrected chi connectivity index (χ1v) is 3.52. The van der Waals surface area contributed by atoms with Crippen LogP contribution in [-0.4, -0.2) is 9.97 Å². The Kier molecular flexibility index (Phi) is 1.84. The molecular formula is C5H6IN3. The highest BCUT2D eigenvalue weighted by Crippen LogP contribution is 2.07. The molecule has 0 fully saturated rings.